The number of hydrogen-bond acceptors (Lipinski definition) is 3. The average molecular weight is 472 g/mol. The van der Waals surface area contributed by atoms with Crippen LogP contribution in [-0.4, -0.2) is 33.1 Å². The molecule has 0 saturated carbocycles. The zero-order valence-electron chi connectivity index (χ0n) is 19.0. The fourth-order valence-electron chi connectivity index (χ4n) is 3.98. The number of rotatable bonds is 6. The first kappa shape index (κ1) is 23.1. The van der Waals surface area contributed by atoms with E-state index in [1.54, 1.807) is 24.5 Å². The second-order valence-electron chi connectivity index (χ2n) is 8.20. The highest BCUT2D eigenvalue weighted by atomic mass is 32.2. The molecule has 0 aliphatic heterocycles. The molecule has 0 spiro atoms. The van der Waals surface area contributed by atoms with Gasteiger partial charge in [0.2, 0.25) is 5.91 Å². The number of H-pyrrole nitrogens is 1. The monoisotopic (exact) mass is 471 g/mol. The minimum atomic E-state index is -2.31. The van der Waals surface area contributed by atoms with Gasteiger partial charge in [-0.25, -0.2) is 0 Å². The van der Waals surface area contributed by atoms with Crippen molar-refractivity contribution in [3.05, 3.63) is 84.4 Å². The minimum Gasteiger partial charge on any atom is -0.366 e. The highest BCUT2D eigenvalue weighted by Crippen LogP contribution is 2.37. The molecule has 6 nitrogen and oxygen atoms in total. The van der Waals surface area contributed by atoms with Crippen molar-refractivity contribution in [2.24, 2.45) is 5.73 Å². The van der Waals surface area contributed by atoms with E-state index in [1.165, 1.54) is 6.08 Å². The number of benzene rings is 3. The van der Waals surface area contributed by atoms with Crippen LogP contribution in [0.1, 0.15) is 15.9 Å². The summed E-state index contributed by atoms with van der Waals surface area (Å²) in [5.41, 5.74) is 11.7. The van der Waals surface area contributed by atoms with Crippen molar-refractivity contribution in [3.8, 4) is 22.4 Å². The number of nitrogens with one attached hydrogen (secondary N) is 2. The Morgan fingerprint density at radius 3 is 2.38 bits per heavy atom. The smallest absolute Gasteiger partial charge is 0.250 e. The van der Waals surface area contributed by atoms with Gasteiger partial charge in [0, 0.05) is 27.9 Å². The zero-order chi connectivity index (χ0) is 24.6. The van der Waals surface area contributed by atoms with Gasteiger partial charge in [0.15, 0.2) is 0 Å². The Hall–Kier alpha value is -4.10. The lowest BCUT2D eigenvalue weighted by molar-refractivity contribution is -0.111. The van der Waals surface area contributed by atoms with Gasteiger partial charge in [0.1, 0.15) is 0 Å². The fraction of sp³-hybridized carbons (Fsp3) is 0.0741. The van der Waals surface area contributed by atoms with Gasteiger partial charge < -0.3 is 16.0 Å². The lowest BCUT2D eigenvalue weighted by atomic mass is 9.94. The molecule has 4 N–H and O–H groups in total. The molecule has 0 saturated heterocycles. The molecule has 0 bridgehead atoms. The summed E-state index contributed by atoms with van der Waals surface area (Å²) in [6.45, 7) is 5.43. The van der Waals surface area contributed by atoms with Crippen LogP contribution in [0.5, 0.6) is 0 Å². The number of amides is 2. The van der Waals surface area contributed by atoms with Gasteiger partial charge in [-0.1, -0.05) is 36.9 Å². The van der Waals surface area contributed by atoms with E-state index in [2.05, 4.69) is 22.8 Å². The first-order chi connectivity index (χ1) is 16.1. The van der Waals surface area contributed by atoms with Crippen LogP contribution < -0.4 is 11.1 Å². The van der Waals surface area contributed by atoms with Gasteiger partial charge in [-0.05, 0) is 81.0 Å². The van der Waals surface area contributed by atoms with E-state index < -0.39 is 15.4 Å². The third-order valence-corrected chi connectivity index (χ3v) is 7.06. The van der Waals surface area contributed by atoms with Crippen LogP contribution in [0.25, 0.3) is 33.3 Å². The molecule has 1 atom stereocenters. The van der Waals surface area contributed by atoms with E-state index >= 15 is 0 Å². The zero-order valence-corrected chi connectivity index (χ0v) is 19.8. The van der Waals surface area contributed by atoms with Crippen molar-refractivity contribution < 1.29 is 13.8 Å². The summed E-state index contributed by atoms with van der Waals surface area (Å²) >= 11 is 0. The standard InChI is InChI=1S/C27H25N3O3S/c1-5-25(31)29-23-8-6-7-19(16(23)2)20-13-14-21(27(28)32)26-22(20)15-24(30-26)17-9-11-18(12-10-17)34(3,4)33/h5-15,30H,1,3H2,2,4H3,(H2,28,32)(H,29,31). The third-order valence-electron chi connectivity index (χ3n) is 5.79. The van der Waals surface area contributed by atoms with Crippen molar-refractivity contribution in [2.45, 2.75) is 11.8 Å². The van der Waals surface area contributed by atoms with Crippen LogP contribution in [0.2, 0.25) is 0 Å². The first-order valence-electron chi connectivity index (χ1n) is 10.5. The van der Waals surface area contributed by atoms with Crippen molar-refractivity contribution in [2.75, 3.05) is 11.6 Å². The van der Waals surface area contributed by atoms with E-state index in [0.717, 1.165) is 33.3 Å². The summed E-state index contributed by atoms with van der Waals surface area (Å²) in [6, 6.07) is 18.5. The summed E-state index contributed by atoms with van der Waals surface area (Å²) in [6.07, 6.45) is 2.82. The molecule has 1 heterocycles. The maximum absolute atomic E-state index is 12.2. The van der Waals surface area contributed by atoms with Crippen LogP contribution >= 0.6 is 0 Å². The van der Waals surface area contributed by atoms with Gasteiger partial charge in [0.25, 0.3) is 5.91 Å². The summed E-state index contributed by atoms with van der Waals surface area (Å²) in [4.78, 5) is 28.0. The molecule has 2 amide bonds. The predicted molar refractivity (Wildman–Crippen MR) is 141 cm³/mol. The molecule has 1 aromatic heterocycles. The number of carbonyl (C=O) groups excluding carboxylic acids is 2. The molecule has 0 fully saturated rings. The number of aromatic nitrogens is 1. The quantitative estimate of drug-likeness (QED) is 0.279. The maximum Gasteiger partial charge on any atom is 0.250 e. The first-order valence-corrected chi connectivity index (χ1v) is 12.7. The molecule has 0 radical (unpaired) electrons. The van der Waals surface area contributed by atoms with Gasteiger partial charge in [0.05, 0.1) is 11.1 Å². The Morgan fingerprint density at radius 2 is 1.76 bits per heavy atom. The second-order valence-corrected chi connectivity index (χ2v) is 10.7. The molecule has 4 aromatic rings. The van der Waals surface area contributed by atoms with Gasteiger partial charge >= 0.3 is 0 Å². The lowest BCUT2D eigenvalue weighted by Gasteiger charge is -2.13. The minimum absolute atomic E-state index is 0.292. The third kappa shape index (κ3) is 4.25. The lowest BCUT2D eigenvalue weighted by Crippen LogP contribution is -2.11. The molecular formula is C27H25N3O3S. The summed E-state index contributed by atoms with van der Waals surface area (Å²) < 4.78 is 12.2. The maximum atomic E-state index is 12.2. The Morgan fingerprint density at radius 1 is 1.06 bits per heavy atom. The van der Waals surface area contributed by atoms with Crippen molar-refractivity contribution >= 4 is 43.8 Å². The molecule has 0 aliphatic rings. The van der Waals surface area contributed by atoms with E-state index in [1.807, 2.05) is 49.4 Å². The normalized spacial score (nSPS) is 12.8. The molecule has 172 valence electrons. The number of carbonyl (C=O) groups is 2. The summed E-state index contributed by atoms with van der Waals surface area (Å²) in [5.74, 6) is 2.90. The van der Waals surface area contributed by atoms with Crippen LogP contribution in [0, 0.1) is 6.92 Å². The van der Waals surface area contributed by atoms with E-state index in [4.69, 9.17) is 5.73 Å². The topological polar surface area (TPSA) is 105 Å². The number of aromatic amines is 1. The highest BCUT2D eigenvalue weighted by molar-refractivity contribution is 7.99. The van der Waals surface area contributed by atoms with Crippen molar-refractivity contribution in [1.82, 2.24) is 4.98 Å². The fourth-order valence-corrected chi connectivity index (χ4v) is 4.70. The SMILES string of the molecule is C=CC(=O)Nc1cccc(-c2ccc(C(N)=O)c3[nH]c(-c4ccc(S(=C)(C)=O)cc4)cc23)c1C. The van der Waals surface area contributed by atoms with Crippen LogP contribution in [0.4, 0.5) is 5.69 Å². The van der Waals surface area contributed by atoms with Crippen LogP contribution in [0.3, 0.4) is 0 Å². The number of fused-ring (bicyclic) bond motifs is 1. The van der Waals surface area contributed by atoms with Crippen LogP contribution in [-0.2, 0) is 14.3 Å². The molecular weight excluding hydrogens is 446 g/mol. The molecule has 7 heteroatoms. The van der Waals surface area contributed by atoms with Crippen molar-refractivity contribution in [3.63, 3.8) is 0 Å². The summed E-state index contributed by atoms with van der Waals surface area (Å²) in [5, 5.41) is 3.65. The Kier molecular flexibility index (Phi) is 5.89. The van der Waals surface area contributed by atoms with E-state index in [0.29, 0.717) is 21.7 Å². The van der Waals surface area contributed by atoms with Crippen molar-refractivity contribution in [1.29, 1.82) is 0 Å². The Bertz CT molecular complexity index is 1560. The van der Waals surface area contributed by atoms with Gasteiger partial charge in [-0.3, -0.25) is 13.8 Å². The molecule has 3 aromatic carbocycles. The largest absolute Gasteiger partial charge is 0.366 e. The second kappa shape index (κ2) is 8.68. The van der Waals surface area contributed by atoms with E-state index in [9.17, 15) is 13.8 Å². The molecule has 0 aliphatic carbocycles. The molecule has 4 rings (SSSR count). The predicted octanol–water partition coefficient (Wildman–Crippen LogP) is 4.74. The molecule has 34 heavy (non-hydrogen) atoms. The van der Waals surface area contributed by atoms with Gasteiger partial charge in [-0.15, -0.1) is 0 Å². The Labute approximate surface area is 198 Å². The van der Waals surface area contributed by atoms with Crippen LogP contribution in [0.15, 0.2) is 78.2 Å². The number of anilines is 1. The molecule has 1 unspecified atom stereocenters. The summed E-state index contributed by atoms with van der Waals surface area (Å²) in [7, 11) is -2.31. The van der Waals surface area contributed by atoms with E-state index in [-0.39, 0.29) is 5.91 Å². The van der Waals surface area contributed by atoms with Gasteiger partial charge in [-0.2, -0.15) is 0 Å². The number of nitrogens with two attached hydrogens (primary N) is 1. The highest BCUT2D eigenvalue weighted by Gasteiger charge is 2.17. The average Bonchev–Trinajstić information content (AvgIpc) is 3.24. The number of hydrogen-bond donors (Lipinski definition) is 3. The Balaban J connectivity index is 1.91. The number of primary amides is 1.